The highest BCUT2D eigenvalue weighted by atomic mass is 19.4. The van der Waals surface area contributed by atoms with Crippen molar-refractivity contribution in [2.24, 2.45) is 4.99 Å². The molecule has 0 fully saturated rings. The third-order valence-electron chi connectivity index (χ3n) is 5.60. The zero-order chi connectivity index (χ0) is 27.8. The van der Waals surface area contributed by atoms with Crippen molar-refractivity contribution in [1.82, 2.24) is 15.2 Å². The first-order chi connectivity index (χ1) is 18.7. The zero-order valence-corrected chi connectivity index (χ0v) is 21.6. The molecule has 0 saturated heterocycles. The summed E-state index contributed by atoms with van der Waals surface area (Å²) in [5.41, 5.74) is 0.907. The molecule has 2 heterocycles. The lowest BCUT2D eigenvalue weighted by Gasteiger charge is -2.12. The second kappa shape index (κ2) is 12.5. The van der Waals surface area contributed by atoms with Crippen LogP contribution in [0, 0.1) is 11.8 Å². The number of hydrogen-bond acceptors (Lipinski definition) is 6. The number of amides is 1. The minimum absolute atomic E-state index is 0.0518. The van der Waals surface area contributed by atoms with E-state index >= 15 is 0 Å². The van der Waals surface area contributed by atoms with Crippen LogP contribution in [0.5, 0.6) is 11.5 Å². The number of rotatable bonds is 8. The number of anilines is 1. The average Bonchev–Trinajstić information content (AvgIpc) is 3.42. The largest absolute Gasteiger partial charge is 0.457 e. The van der Waals surface area contributed by atoms with Crippen LogP contribution in [0.15, 0.2) is 65.8 Å². The lowest BCUT2D eigenvalue weighted by molar-refractivity contribution is -0.137. The van der Waals surface area contributed by atoms with E-state index in [4.69, 9.17) is 4.74 Å². The molecule has 0 bridgehead atoms. The van der Waals surface area contributed by atoms with E-state index in [0.717, 1.165) is 30.1 Å². The van der Waals surface area contributed by atoms with Gasteiger partial charge in [0, 0.05) is 36.5 Å². The number of halogens is 3. The summed E-state index contributed by atoms with van der Waals surface area (Å²) in [4.78, 5) is 23.1. The van der Waals surface area contributed by atoms with Gasteiger partial charge >= 0.3 is 6.18 Å². The van der Waals surface area contributed by atoms with Gasteiger partial charge in [0.2, 0.25) is 5.91 Å². The number of carbonyl (C=O) groups excluding carboxylic acids is 1. The summed E-state index contributed by atoms with van der Waals surface area (Å²) >= 11 is 0. The molecular formula is C29H28F3N5O2. The first-order valence-electron chi connectivity index (χ1n) is 12.3. The maximum atomic E-state index is 13.4. The second-order valence-corrected chi connectivity index (χ2v) is 9.17. The molecule has 0 aliphatic carbocycles. The fourth-order valence-electron chi connectivity index (χ4n) is 3.79. The van der Waals surface area contributed by atoms with E-state index in [1.807, 2.05) is 32.3 Å². The number of nitrogens with one attached hydrogen (secondary N) is 2. The maximum absolute atomic E-state index is 13.4. The molecule has 39 heavy (non-hydrogen) atoms. The lowest BCUT2D eigenvalue weighted by Crippen LogP contribution is -2.20. The molecule has 0 radical (unpaired) electrons. The van der Waals surface area contributed by atoms with Gasteiger partial charge in [-0.2, -0.15) is 13.2 Å². The van der Waals surface area contributed by atoms with E-state index in [1.165, 1.54) is 6.07 Å². The van der Waals surface area contributed by atoms with Gasteiger partial charge in [0.15, 0.2) is 0 Å². The van der Waals surface area contributed by atoms with Crippen molar-refractivity contribution in [3.63, 3.8) is 0 Å². The lowest BCUT2D eigenvalue weighted by atomic mass is 10.1. The standard InChI is InChI=1S/C29H28F3N5O2/c1-37(2)14-4-6-21-15-22(29(30,31)32)18-23(16-21)36-27(38)9-8-20-5-3-7-24(17-20)39-25-10-11-33-26(19-25)28-34-12-13-35-28/h3,5,7,10-11,15-19H,8-9,12-14H2,1-2H3,(H,34,35)(H,36,38). The fraction of sp³-hybridized carbons (Fsp3) is 0.276. The Morgan fingerprint density at radius 1 is 1.13 bits per heavy atom. The highest BCUT2D eigenvalue weighted by Gasteiger charge is 2.31. The van der Waals surface area contributed by atoms with Crippen molar-refractivity contribution >= 4 is 17.4 Å². The number of alkyl halides is 3. The Kier molecular flexibility index (Phi) is 8.84. The van der Waals surface area contributed by atoms with Crippen LogP contribution in [0.25, 0.3) is 0 Å². The van der Waals surface area contributed by atoms with Crippen LogP contribution in [0.4, 0.5) is 18.9 Å². The molecule has 10 heteroatoms. The number of aliphatic imine (C=N–C) groups is 1. The number of benzene rings is 2. The van der Waals surface area contributed by atoms with Crippen molar-refractivity contribution < 1.29 is 22.7 Å². The van der Waals surface area contributed by atoms with Gasteiger partial charge in [-0.15, -0.1) is 0 Å². The predicted octanol–water partition coefficient (Wildman–Crippen LogP) is 4.73. The van der Waals surface area contributed by atoms with Crippen molar-refractivity contribution in [3.05, 3.63) is 83.2 Å². The Labute approximate surface area is 225 Å². The van der Waals surface area contributed by atoms with E-state index in [0.29, 0.717) is 36.7 Å². The minimum atomic E-state index is -4.56. The van der Waals surface area contributed by atoms with Gasteiger partial charge in [-0.1, -0.05) is 24.0 Å². The summed E-state index contributed by atoms with van der Waals surface area (Å²) < 4.78 is 46.2. The first-order valence-corrected chi connectivity index (χ1v) is 12.3. The Bertz CT molecular complexity index is 1420. The molecule has 2 aromatic carbocycles. The molecule has 0 spiro atoms. The molecule has 1 aromatic heterocycles. The average molecular weight is 536 g/mol. The highest BCUT2D eigenvalue weighted by Crippen LogP contribution is 2.32. The summed E-state index contributed by atoms with van der Waals surface area (Å²) in [6.07, 6.45) is -2.46. The molecule has 1 amide bonds. The summed E-state index contributed by atoms with van der Waals surface area (Å²) in [6, 6.07) is 14.2. The summed E-state index contributed by atoms with van der Waals surface area (Å²) in [6.45, 7) is 1.88. The SMILES string of the molecule is CN(C)CC#Cc1cc(NC(=O)CCc2cccc(Oc3ccnc(C4=NCCN4)c3)c2)cc(C(F)(F)F)c1. The van der Waals surface area contributed by atoms with E-state index in [9.17, 15) is 18.0 Å². The first kappa shape index (κ1) is 27.7. The van der Waals surface area contributed by atoms with Gasteiger partial charge < -0.3 is 15.4 Å². The fourth-order valence-corrected chi connectivity index (χ4v) is 3.79. The van der Waals surface area contributed by atoms with Gasteiger partial charge in [-0.05, 0) is 62.5 Å². The van der Waals surface area contributed by atoms with E-state index in [-0.39, 0.29) is 17.7 Å². The molecule has 0 unspecified atom stereocenters. The number of amidine groups is 1. The Morgan fingerprint density at radius 2 is 1.95 bits per heavy atom. The van der Waals surface area contributed by atoms with Crippen LogP contribution in [0.2, 0.25) is 0 Å². The topological polar surface area (TPSA) is 78.9 Å². The van der Waals surface area contributed by atoms with Crippen molar-refractivity contribution in [2.45, 2.75) is 19.0 Å². The van der Waals surface area contributed by atoms with Gasteiger partial charge in [-0.25, -0.2) is 0 Å². The molecule has 1 aliphatic heterocycles. The molecule has 2 N–H and O–H groups in total. The number of ether oxygens (including phenoxy) is 1. The number of pyridine rings is 1. The highest BCUT2D eigenvalue weighted by molar-refractivity contribution is 5.98. The Morgan fingerprint density at radius 3 is 2.69 bits per heavy atom. The molecule has 7 nitrogen and oxygen atoms in total. The number of nitrogens with zero attached hydrogens (tertiary/aromatic N) is 3. The minimum Gasteiger partial charge on any atom is -0.457 e. The third-order valence-corrected chi connectivity index (χ3v) is 5.60. The van der Waals surface area contributed by atoms with Crippen molar-refractivity contribution in [2.75, 3.05) is 39.0 Å². The maximum Gasteiger partial charge on any atom is 0.416 e. The molecule has 4 rings (SSSR count). The third kappa shape index (κ3) is 8.32. The molecule has 3 aromatic rings. The van der Waals surface area contributed by atoms with E-state index in [2.05, 4.69) is 32.5 Å². The van der Waals surface area contributed by atoms with Gasteiger partial charge in [0.25, 0.3) is 0 Å². The molecule has 1 aliphatic rings. The summed E-state index contributed by atoms with van der Waals surface area (Å²) in [5, 5.41) is 5.75. The molecule has 202 valence electrons. The van der Waals surface area contributed by atoms with E-state index in [1.54, 1.807) is 29.3 Å². The number of carbonyl (C=O) groups is 1. The van der Waals surface area contributed by atoms with Crippen LogP contribution in [-0.4, -0.2) is 55.4 Å². The number of hydrogen-bond donors (Lipinski definition) is 2. The van der Waals surface area contributed by atoms with Gasteiger partial charge in [0.1, 0.15) is 23.0 Å². The zero-order valence-electron chi connectivity index (χ0n) is 21.6. The van der Waals surface area contributed by atoms with Gasteiger partial charge in [-0.3, -0.25) is 19.7 Å². The number of aromatic nitrogens is 1. The van der Waals surface area contributed by atoms with Crippen LogP contribution < -0.4 is 15.4 Å². The van der Waals surface area contributed by atoms with Crippen LogP contribution in [-0.2, 0) is 17.4 Å². The van der Waals surface area contributed by atoms with Crippen LogP contribution >= 0.6 is 0 Å². The molecule has 0 saturated carbocycles. The van der Waals surface area contributed by atoms with Gasteiger partial charge in [0.05, 0.1) is 18.7 Å². The summed E-state index contributed by atoms with van der Waals surface area (Å²) in [7, 11) is 3.63. The smallest absolute Gasteiger partial charge is 0.416 e. The molecular weight excluding hydrogens is 507 g/mol. The van der Waals surface area contributed by atoms with Crippen molar-refractivity contribution in [3.8, 4) is 23.3 Å². The van der Waals surface area contributed by atoms with Crippen LogP contribution in [0.3, 0.4) is 0 Å². The normalized spacial score (nSPS) is 12.8. The number of aryl methyl sites for hydroxylation is 1. The van der Waals surface area contributed by atoms with Crippen molar-refractivity contribution in [1.29, 1.82) is 0 Å². The Hall–Kier alpha value is -4.36. The molecule has 0 atom stereocenters. The van der Waals surface area contributed by atoms with Crippen LogP contribution in [0.1, 0.15) is 28.8 Å². The Balaban J connectivity index is 1.39. The quantitative estimate of drug-likeness (QED) is 0.408. The predicted molar refractivity (Wildman–Crippen MR) is 144 cm³/mol. The second-order valence-electron chi connectivity index (χ2n) is 9.17. The monoisotopic (exact) mass is 535 g/mol. The van der Waals surface area contributed by atoms with E-state index < -0.39 is 17.6 Å². The summed E-state index contributed by atoms with van der Waals surface area (Å²) in [5.74, 6) is 7.06.